The Morgan fingerprint density at radius 2 is 1.83 bits per heavy atom. The van der Waals surface area contributed by atoms with Gasteiger partial charge in [0.25, 0.3) is 11.8 Å². The molecule has 0 saturated carbocycles. The predicted molar refractivity (Wildman–Crippen MR) is 81.9 cm³/mol. The Kier molecular flexibility index (Phi) is 3.83. The number of carbonyl (C=O) groups is 3. The van der Waals surface area contributed by atoms with Gasteiger partial charge in [-0.3, -0.25) is 19.3 Å². The van der Waals surface area contributed by atoms with E-state index in [2.05, 4.69) is 4.98 Å². The highest BCUT2D eigenvalue weighted by Gasteiger charge is 2.36. The summed E-state index contributed by atoms with van der Waals surface area (Å²) < 4.78 is 4.96. The second kappa shape index (κ2) is 5.81. The number of hydrogen-bond acceptors (Lipinski definition) is 5. The molecule has 7 heteroatoms. The second-order valence-electron chi connectivity index (χ2n) is 4.87. The first-order valence-corrected chi connectivity index (χ1v) is 7.08. The molecule has 116 valence electrons. The van der Waals surface area contributed by atoms with E-state index >= 15 is 0 Å². The van der Waals surface area contributed by atoms with Crippen molar-refractivity contribution in [3.8, 4) is 5.75 Å². The second-order valence-corrected chi connectivity index (χ2v) is 5.28. The summed E-state index contributed by atoms with van der Waals surface area (Å²) in [5, 5.41) is 0.103. The van der Waals surface area contributed by atoms with Crippen LogP contribution < -0.4 is 4.74 Å². The number of pyridine rings is 1. The summed E-state index contributed by atoms with van der Waals surface area (Å²) in [7, 11) is 1.45. The van der Waals surface area contributed by atoms with E-state index in [1.807, 2.05) is 0 Å². The molecule has 0 radical (unpaired) electrons. The van der Waals surface area contributed by atoms with E-state index in [-0.39, 0.29) is 10.7 Å². The summed E-state index contributed by atoms with van der Waals surface area (Å²) in [6.07, 6.45) is 1.35. The molecule has 2 aromatic rings. The number of amides is 2. The Bertz CT molecular complexity index is 800. The lowest BCUT2D eigenvalue weighted by molar-refractivity contribution is 0.0623. The molecular formula is C16H11ClN2O4. The number of aromatic nitrogens is 1. The maximum Gasteiger partial charge on any atom is 0.261 e. The van der Waals surface area contributed by atoms with Gasteiger partial charge in [0.2, 0.25) is 5.78 Å². The Labute approximate surface area is 136 Å². The number of Topliss-reactive ketones (excluding diaryl/α,β-unsaturated/α-hetero) is 1. The lowest BCUT2D eigenvalue weighted by Crippen LogP contribution is -2.35. The molecule has 0 N–H and O–H groups in total. The summed E-state index contributed by atoms with van der Waals surface area (Å²) in [6, 6.07) is 7.88. The molecular weight excluding hydrogens is 320 g/mol. The average Bonchev–Trinajstić information content (AvgIpc) is 2.80. The zero-order valence-corrected chi connectivity index (χ0v) is 12.8. The van der Waals surface area contributed by atoms with Crippen molar-refractivity contribution >= 4 is 29.2 Å². The van der Waals surface area contributed by atoms with Gasteiger partial charge >= 0.3 is 0 Å². The SMILES string of the molecule is COc1cnc(C(=O)CN2C(=O)c3ccccc3C2=O)c(Cl)c1. The average molecular weight is 331 g/mol. The van der Waals surface area contributed by atoms with Crippen molar-refractivity contribution in [2.24, 2.45) is 0 Å². The van der Waals surface area contributed by atoms with Crippen LogP contribution in [0.2, 0.25) is 5.02 Å². The number of nitrogens with zero attached hydrogens (tertiary/aromatic N) is 2. The van der Waals surface area contributed by atoms with E-state index in [1.165, 1.54) is 19.4 Å². The standard InChI is InChI=1S/C16H11ClN2O4/c1-23-9-6-12(17)14(18-7-9)13(20)8-19-15(21)10-4-2-3-5-11(10)16(19)22/h2-7H,8H2,1H3. The van der Waals surface area contributed by atoms with Gasteiger partial charge < -0.3 is 4.74 Å². The third-order valence-electron chi connectivity index (χ3n) is 3.50. The summed E-state index contributed by atoms with van der Waals surface area (Å²) in [5.74, 6) is -1.10. The lowest BCUT2D eigenvalue weighted by Gasteiger charge is -2.13. The molecule has 1 aliphatic rings. The highest BCUT2D eigenvalue weighted by molar-refractivity contribution is 6.34. The summed E-state index contributed by atoms with van der Waals surface area (Å²) in [5.41, 5.74) is 0.571. The number of rotatable bonds is 4. The van der Waals surface area contributed by atoms with Crippen molar-refractivity contribution in [2.75, 3.05) is 13.7 Å². The third-order valence-corrected chi connectivity index (χ3v) is 3.78. The molecule has 6 nitrogen and oxygen atoms in total. The van der Waals surface area contributed by atoms with Crippen LogP contribution in [0.3, 0.4) is 0 Å². The van der Waals surface area contributed by atoms with Crippen LogP contribution in [0.25, 0.3) is 0 Å². The molecule has 0 spiro atoms. The van der Waals surface area contributed by atoms with E-state index < -0.39 is 24.1 Å². The molecule has 0 atom stereocenters. The quantitative estimate of drug-likeness (QED) is 0.634. The first-order chi connectivity index (χ1) is 11.0. The molecule has 0 bridgehead atoms. The number of halogens is 1. The first kappa shape index (κ1) is 15.2. The van der Waals surface area contributed by atoms with Crippen molar-refractivity contribution < 1.29 is 19.1 Å². The van der Waals surface area contributed by atoms with Crippen LogP contribution in [0.15, 0.2) is 36.5 Å². The summed E-state index contributed by atoms with van der Waals surface area (Å²) in [4.78, 5) is 41.6. The third kappa shape index (κ3) is 2.57. The number of methoxy groups -OCH3 is 1. The van der Waals surface area contributed by atoms with Crippen LogP contribution in [-0.4, -0.2) is 41.1 Å². The van der Waals surface area contributed by atoms with Gasteiger partial charge in [-0.15, -0.1) is 0 Å². The molecule has 0 aliphatic carbocycles. The van der Waals surface area contributed by atoms with Crippen LogP contribution in [0, 0.1) is 0 Å². The highest BCUT2D eigenvalue weighted by Crippen LogP contribution is 2.24. The molecule has 0 unspecified atom stereocenters. The molecule has 2 heterocycles. The monoisotopic (exact) mass is 330 g/mol. The normalized spacial score (nSPS) is 13.2. The van der Waals surface area contributed by atoms with Gasteiger partial charge in [-0.25, -0.2) is 4.98 Å². The number of fused-ring (bicyclic) bond motifs is 1. The van der Waals surface area contributed by atoms with Gasteiger partial charge in [-0.2, -0.15) is 0 Å². The Morgan fingerprint density at radius 3 is 2.35 bits per heavy atom. The zero-order chi connectivity index (χ0) is 16.6. The predicted octanol–water partition coefficient (Wildman–Crippen LogP) is 2.22. The van der Waals surface area contributed by atoms with Crippen molar-refractivity contribution in [2.45, 2.75) is 0 Å². The van der Waals surface area contributed by atoms with Crippen LogP contribution in [0.4, 0.5) is 0 Å². The van der Waals surface area contributed by atoms with Crippen molar-refractivity contribution in [1.82, 2.24) is 9.88 Å². The number of ketones is 1. The molecule has 23 heavy (non-hydrogen) atoms. The fourth-order valence-electron chi connectivity index (χ4n) is 2.34. The lowest BCUT2D eigenvalue weighted by atomic mass is 10.1. The van der Waals surface area contributed by atoms with Crippen molar-refractivity contribution in [1.29, 1.82) is 0 Å². The number of carbonyl (C=O) groups excluding carboxylic acids is 3. The molecule has 1 aromatic carbocycles. The van der Waals surface area contributed by atoms with E-state index in [9.17, 15) is 14.4 Å². The number of imide groups is 1. The van der Waals surface area contributed by atoms with E-state index in [4.69, 9.17) is 16.3 Å². The topological polar surface area (TPSA) is 76.6 Å². The van der Waals surface area contributed by atoms with Gasteiger partial charge in [0.1, 0.15) is 11.4 Å². The summed E-state index contributed by atoms with van der Waals surface area (Å²) in [6.45, 7) is -0.411. The molecule has 0 fully saturated rings. The fraction of sp³-hybridized carbons (Fsp3) is 0.125. The fourth-order valence-corrected chi connectivity index (χ4v) is 2.60. The van der Waals surface area contributed by atoms with Crippen molar-refractivity contribution in [3.05, 3.63) is 58.4 Å². The van der Waals surface area contributed by atoms with Gasteiger partial charge in [0.05, 0.1) is 36.0 Å². The van der Waals surface area contributed by atoms with E-state index in [0.29, 0.717) is 16.9 Å². The van der Waals surface area contributed by atoms with E-state index in [0.717, 1.165) is 4.90 Å². The Hall–Kier alpha value is -2.73. The largest absolute Gasteiger partial charge is 0.495 e. The summed E-state index contributed by atoms with van der Waals surface area (Å²) >= 11 is 6.00. The molecule has 1 aliphatic heterocycles. The Balaban J connectivity index is 1.85. The van der Waals surface area contributed by atoms with E-state index in [1.54, 1.807) is 24.3 Å². The zero-order valence-electron chi connectivity index (χ0n) is 12.1. The molecule has 2 amide bonds. The van der Waals surface area contributed by atoms with Crippen LogP contribution in [0.5, 0.6) is 5.75 Å². The number of ether oxygens (including phenoxy) is 1. The molecule has 1 aromatic heterocycles. The van der Waals surface area contributed by atoms with Crippen LogP contribution in [0.1, 0.15) is 31.2 Å². The smallest absolute Gasteiger partial charge is 0.261 e. The highest BCUT2D eigenvalue weighted by atomic mass is 35.5. The first-order valence-electron chi connectivity index (χ1n) is 6.71. The minimum absolute atomic E-state index is 0.0102. The molecule has 0 saturated heterocycles. The van der Waals surface area contributed by atoms with Crippen LogP contribution >= 0.6 is 11.6 Å². The maximum absolute atomic E-state index is 12.3. The Morgan fingerprint density at radius 1 is 1.22 bits per heavy atom. The van der Waals surface area contributed by atoms with Gasteiger partial charge in [-0.1, -0.05) is 23.7 Å². The van der Waals surface area contributed by atoms with Gasteiger partial charge in [0, 0.05) is 6.07 Å². The minimum atomic E-state index is -0.521. The van der Waals surface area contributed by atoms with Crippen molar-refractivity contribution in [3.63, 3.8) is 0 Å². The molecule has 3 rings (SSSR count). The van der Waals surface area contributed by atoms with Gasteiger partial charge in [0.15, 0.2) is 0 Å². The van der Waals surface area contributed by atoms with Gasteiger partial charge in [-0.05, 0) is 12.1 Å². The maximum atomic E-state index is 12.3. The number of hydrogen-bond donors (Lipinski definition) is 0. The number of benzene rings is 1. The van der Waals surface area contributed by atoms with Crippen LogP contribution in [-0.2, 0) is 0 Å². The minimum Gasteiger partial charge on any atom is -0.495 e.